The van der Waals surface area contributed by atoms with Crippen LogP contribution in [0.3, 0.4) is 0 Å². The first-order valence-electron chi connectivity index (χ1n) is 8.26. The number of halogens is 1. The molecule has 0 bridgehead atoms. The molecule has 0 radical (unpaired) electrons. The Morgan fingerprint density at radius 1 is 1.26 bits per heavy atom. The molecule has 27 heavy (non-hydrogen) atoms. The van der Waals surface area contributed by atoms with Crippen molar-refractivity contribution in [2.24, 2.45) is 0 Å². The normalized spacial score (nSPS) is 11.4. The maximum Gasteiger partial charge on any atom is 0.299 e. The van der Waals surface area contributed by atoms with Gasteiger partial charge >= 0.3 is 0 Å². The maximum absolute atomic E-state index is 13.4. The largest absolute Gasteiger partial charge is 0.330 e. The number of aryl methyl sites for hydroxylation is 3. The van der Waals surface area contributed by atoms with Crippen LogP contribution in [0.1, 0.15) is 16.3 Å². The van der Waals surface area contributed by atoms with Gasteiger partial charge in [0.2, 0.25) is 10.9 Å². The molecule has 4 aromatic rings. The molecule has 1 amide bonds. The fraction of sp³-hybridized carbons (Fsp3) is 0.222. The highest BCUT2D eigenvalue weighted by Crippen LogP contribution is 2.19. The van der Waals surface area contributed by atoms with E-state index in [1.807, 2.05) is 6.92 Å². The van der Waals surface area contributed by atoms with Gasteiger partial charge in [-0.1, -0.05) is 11.3 Å². The highest BCUT2D eigenvalue weighted by atomic mass is 32.1. The molecule has 0 saturated heterocycles. The minimum atomic E-state index is -0.332. The number of hydrogen-bond acceptors (Lipinski definition) is 5. The van der Waals surface area contributed by atoms with Crippen LogP contribution in [0.4, 0.5) is 10.1 Å². The van der Waals surface area contributed by atoms with Gasteiger partial charge in [0.1, 0.15) is 22.9 Å². The number of rotatable bonds is 3. The zero-order valence-corrected chi connectivity index (χ0v) is 15.7. The van der Waals surface area contributed by atoms with Gasteiger partial charge in [0.25, 0.3) is 5.56 Å². The molecule has 0 unspecified atom stereocenters. The second kappa shape index (κ2) is 6.27. The second-order valence-corrected chi connectivity index (χ2v) is 7.51. The van der Waals surface area contributed by atoms with Crippen molar-refractivity contribution in [2.75, 3.05) is 5.32 Å². The molecule has 1 N–H and O–H groups in total. The van der Waals surface area contributed by atoms with E-state index in [2.05, 4.69) is 15.4 Å². The van der Waals surface area contributed by atoms with E-state index in [4.69, 9.17) is 0 Å². The molecule has 3 aromatic heterocycles. The monoisotopic (exact) mass is 385 g/mol. The average Bonchev–Trinajstić information content (AvgIpc) is 3.11. The zero-order chi connectivity index (χ0) is 19.3. The minimum absolute atomic E-state index is 0.0577. The van der Waals surface area contributed by atoms with Crippen LogP contribution >= 0.6 is 11.3 Å². The number of fused-ring (bicyclic) bond motifs is 2. The van der Waals surface area contributed by atoms with Gasteiger partial charge in [-0.05, 0) is 50.6 Å². The summed E-state index contributed by atoms with van der Waals surface area (Å²) in [6.45, 7) is 5.19. The second-order valence-electron chi connectivity index (χ2n) is 6.35. The summed E-state index contributed by atoms with van der Waals surface area (Å²) >= 11 is 1.34. The van der Waals surface area contributed by atoms with E-state index in [0.29, 0.717) is 27.2 Å². The minimum Gasteiger partial charge on any atom is -0.330 e. The van der Waals surface area contributed by atoms with Crippen molar-refractivity contribution in [3.05, 3.63) is 56.7 Å². The zero-order valence-electron chi connectivity index (χ0n) is 14.9. The number of nitrogens with zero attached hydrogens (tertiary/aromatic N) is 4. The van der Waals surface area contributed by atoms with E-state index < -0.39 is 0 Å². The van der Waals surface area contributed by atoms with Crippen LogP contribution in [-0.2, 0) is 11.3 Å². The summed E-state index contributed by atoms with van der Waals surface area (Å²) in [6.07, 6.45) is 0. The van der Waals surface area contributed by atoms with Gasteiger partial charge in [-0.15, -0.1) is 0 Å². The number of hydrogen-bond donors (Lipinski definition) is 1. The van der Waals surface area contributed by atoms with Gasteiger partial charge in [0.15, 0.2) is 0 Å². The number of amides is 1. The van der Waals surface area contributed by atoms with Crippen molar-refractivity contribution in [1.82, 2.24) is 19.2 Å². The van der Waals surface area contributed by atoms with E-state index >= 15 is 0 Å². The summed E-state index contributed by atoms with van der Waals surface area (Å²) < 4.78 is 16.3. The molecule has 7 nitrogen and oxygen atoms in total. The molecule has 0 aliphatic heterocycles. The van der Waals surface area contributed by atoms with Crippen molar-refractivity contribution in [3.63, 3.8) is 0 Å². The number of aromatic nitrogens is 4. The molecule has 4 rings (SSSR count). The lowest BCUT2D eigenvalue weighted by atomic mass is 10.2. The van der Waals surface area contributed by atoms with Crippen molar-refractivity contribution in [3.8, 4) is 0 Å². The number of nitrogens with one attached hydrogen (secondary N) is 1. The van der Waals surface area contributed by atoms with Crippen LogP contribution in [0.2, 0.25) is 0 Å². The first kappa shape index (κ1) is 17.3. The van der Waals surface area contributed by atoms with Crippen molar-refractivity contribution in [1.29, 1.82) is 0 Å². The number of carbonyl (C=O) groups excluding carboxylic acids is 1. The third-order valence-corrected chi connectivity index (χ3v) is 5.12. The van der Waals surface area contributed by atoms with E-state index in [1.54, 1.807) is 30.5 Å². The van der Waals surface area contributed by atoms with Gasteiger partial charge < -0.3 is 9.88 Å². The molecule has 0 spiro atoms. The Labute approximate surface area is 157 Å². The van der Waals surface area contributed by atoms with Crippen LogP contribution in [0.25, 0.3) is 16.0 Å². The molecular weight excluding hydrogens is 369 g/mol. The molecule has 0 saturated carbocycles. The molecular formula is C18H16FN5O2S. The van der Waals surface area contributed by atoms with Crippen LogP contribution in [0.5, 0.6) is 0 Å². The highest BCUT2D eigenvalue weighted by Gasteiger charge is 2.17. The molecule has 0 aliphatic carbocycles. The van der Waals surface area contributed by atoms with Crippen LogP contribution in [0.15, 0.2) is 29.1 Å². The van der Waals surface area contributed by atoms with Gasteiger partial charge in [-0.2, -0.15) is 9.61 Å². The topological polar surface area (TPSA) is 81.3 Å². The molecule has 3 heterocycles. The molecule has 138 valence electrons. The number of benzene rings is 1. The molecule has 0 fully saturated rings. The SMILES string of the molecule is Cc1nn2c(=O)c3c(cc(C)n3CC(=O)Nc3ccc(F)c(C)c3)nc2s1. The van der Waals surface area contributed by atoms with Gasteiger partial charge in [-0.25, -0.2) is 9.37 Å². The average molecular weight is 385 g/mol. The van der Waals surface area contributed by atoms with E-state index in [0.717, 1.165) is 10.7 Å². The molecule has 0 atom stereocenters. The van der Waals surface area contributed by atoms with Crippen LogP contribution in [0, 0.1) is 26.6 Å². The lowest BCUT2D eigenvalue weighted by Crippen LogP contribution is -2.23. The Hall–Kier alpha value is -3.07. The summed E-state index contributed by atoms with van der Waals surface area (Å²) in [5.41, 5.74) is 2.25. The molecule has 1 aromatic carbocycles. The van der Waals surface area contributed by atoms with Crippen molar-refractivity contribution < 1.29 is 9.18 Å². The van der Waals surface area contributed by atoms with Crippen LogP contribution in [-0.4, -0.2) is 25.1 Å². The van der Waals surface area contributed by atoms with Crippen LogP contribution < -0.4 is 10.9 Å². The smallest absolute Gasteiger partial charge is 0.299 e. The van der Waals surface area contributed by atoms with E-state index in [1.165, 1.54) is 28.0 Å². The third kappa shape index (κ3) is 2.99. The summed E-state index contributed by atoms with van der Waals surface area (Å²) in [5.74, 6) is -0.650. The summed E-state index contributed by atoms with van der Waals surface area (Å²) in [7, 11) is 0. The third-order valence-electron chi connectivity index (χ3n) is 4.30. The summed E-state index contributed by atoms with van der Waals surface area (Å²) in [5, 5.41) is 7.66. The quantitative estimate of drug-likeness (QED) is 0.588. The Kier molecular flexibility index (Phi) is 4.03. The fourth-order valence-electron chi connectivity index (χ4n) is 3.02. The van der Waals surface area contributed by atoms with Crippen molar-refractivity contribution in [2.45, 2.75) is 27.3 Å². The number of anilines is 1. The van der Waals surface area contributed by atoms with E-state index in [9.17, 15) is 14.0 Å². The predicted octanol–water partition coefficient (Wildman–Crippen LogP) is 2.81. The van der Waals surface area contributed by atoms with Gasteiger partial charge in [0.05, 0.1) is 5.52 Å². The molecule has 9 heteroatoms. The Morgan fingerprint density at radius 2 is 2.04 bits per heavy atom. The fourth-order valence-corrected chi connectivity index (χ4v) is 3.77. The maximum atomic E-state index is 13.4. The standard InChI is InChI=1S/C18H16FN5O2S/c1-9-6-12(4-5-13(9)19)20-15(25)8-23-10(2)7-14-16(23)17(26)24-18(21-14)27-11(3)22-24/h4-7H,8H2,1-3H3,(H,20,25). The predicted molar refractivity (Wildman–Crippen MR) is 102 cm³/mol. The Morgan fingerprint density at radius 3 is 2.78 bits per heavy atom. The summed E-state index contributed by atoms with van der Waals surface area (Å²) in [4.78, 5) is 30.3. The Balaban J connectivity index is 1.71. The first-order chi connectivity index (χ1) is 12.8. The lowest BCUT2D eigenvalue weighted by Gasteiger charge is -2.09. The highest BCUT2D eigenvalue weighted by molar-refractivity contribution is 7.16. The summed E-state index contributed by atoms with van der Waals surface area (Å²) in [6, 6.07) is 6.14. The van der Waals surface area contributed by atoms with Crippen molar-refractivity contribution >= 4 is 38.9 Å². The van der Waals surface area contributed by atoms with E-state index in [-0.39, 0.29) is 23.8 Å². The molecule has 0 aliphatic rings. The first-order valence-corrected chi connectivity index (χ1v) is 9.07. The lowest BCUT2D eigenvalue weighted by molar-refractivity contribution is -0.116. The Bertz CT molecular complexity index is 1270. The van der Waals surface area contributed by atoms with Gasteiger partial charge in [0, 0.05) is 11.4 Å². The van der Waals surface area contributed by atoms with Gasteiger partial charge in [-0.3, -0.25) is 9.59 Å². The number of carbonyl (C=O) groups is 1.